The summed E-state index contributed by atoms with van der Waals surface area (Å²) in [5.41, 5.74) is -0.708. The van der Waals surface area contributed by atoms with Crippen LogP contribution in [0.2, 0.25) is 0 Å². The molecule has 4 aromatic rings. The third-order valence-corrected chi connectivity index (χ3v) is 10.3. The van der Waals surface area contributed by atoms with Crippen LogP contribution >= 0.6 is 0 Å². The summed E-state index contributed by atoms with van der Waals surface area (Å²) in [5.74, 6) is -1.53. The lowest BCUT2D eigenvalue weighted by Crippen LogP contribution is -2.74. The van der Waals surface area contributed by atoms with Crippen molar-refractivity contribution in [2.75, 3.05) is 32.7 Å². The minimum Gasteiger partial charge on any atom is -0.497 e. The number of fused-ring (bicyclic) bond motifs is 1. The van der Waals surface area contributed by atoms with Gasteiger partial charge in [-0.15, -0.1) is 0 Å². The maximum Gasteiger partial charge on any atom is 0.317 e. The number of hydrogen-bond acceptors (Lipinski definition) is 8. The number of aliphatic hydroxyl groups is 1. The molecule has 0 unspecified atom stereocenters. The van der Waals surface area contributed by atoms with E-state index in [1.165, 1.54) is 7.11 Å². The van der Waals surface area contributed by atoms with E-state index in [4.69, 9.17) is 18.9 Å². The number of anilines is 1. The molecule has 1 aliphatic carbocycles. The summed E-state index contributed by atoms with van der Waals surface area (Å²) in [5, 5.41) is 14.8. The Labute approximate surface area is 254 Å². The molecule has 1 amide bonds. The maximum absolute atomic E-state index is 14.4. The first-order chi connectivity index (χ1) is 21.3. The second kappa shape index (κ2) is 9.28. The van der Waals surface area contributed by atoms with Crippen LogP contribution in [0.25, 0.3) is 10.8 Å². The van der Waals surface area contributed by atoms with E-state index in [0.717, 1.165) is 16.3 Å². The minimum absolute atomic E-state index is 0.278. The van der Waals surface area contributed by atoms with Gasteiger partial charge in [0.1, 0.15) is 34.6 Å². The number of likely N-dealkylation sites (tertiary alicyclic amines) is 1. The van der Waals surface area contributed by atoms with Gasteiger partial charge in [-0.25, -0.2) is 0 Å². The van der Waals surface area contributed by atoms with Crippen LogP contribution in [0.15, 0.2) is 91.0 Å². The first-order valence-electron chi connectivity index (χ1n) is 14.7. The Morgan fingerprint density at radius 2 is 1.61 bits per heavy atom. The first-order valence-corrected chi connectivity index (χ1v) is 14.7. The molecule has 0 radical (unpaired) electrons. The smallest absolute Gasteiger partial charge is 0.317 e. The molecule has 6 atom stereocenters. The van der Waals surface area contributed by atoms with Gasteiger partial charge in [0.15, 0.2) is 0 Å². The van der Waals surface area contributed by atoms with Crippen molar-refractivity contribution in [2.45, 2.75) is 36.0 Å². The van der Waals surface area contributed by atoms with Crippen molar-refractivity contribution in [3.8, 4) is 11.5 Å². The van der Waals surface area contributed by atoms with Crippen molar-refractivity contribution in [3.63, 3.8) is 0 Å². The highest BCUT2D eigenvalue weighted by Crippen LogP contribution is 2.73. The highest BCUT2D eigenvalue weighted by molar-refractivity contribution is 6.06. The molecule has 3 fully saturated rings. The van der Waals surface area contributed by atoms with Gasteiger partial charge in [0.2, 0.25) is 11.9 Å². The molecule has 3 saturated heterocycles. The summed E-state index contributed by atoms with van der Waals surface area (Å²) in [7, 11) is 4.86. The quantitative estimate of drug-likeness (QED) is 0.266. The van der Waals surface area contributed by atoms with Crippen molar-refractivity contribution in [3.05, 3.63) is 102 Å². The van der Waals surface area contributed by atoms with Crippen molar-refractivity contribution in [1.82, 2.24) is 4.90 Å². The van der Waals surface area contributed by atoms with Crippen molar-refractivity contribution in [1.29, 1.82) is 0 Å². The average molecular weight is 593 g/mol. The zero-order chi connectivity index (χ0) is 30.4. The van der Waals surface area contributed by atoms with Crippen LogP contribution in [0.4, 0.5) is 5.69 Å². The van der Waals surface area contributed by atoms with Gasteiger partial charge in [0, 0.05) is 17.8 Å². The first kappa shape index (κ1) is 27.1. The molecule has 224 valence electrons. The van der Waals surface area contributed by atoms with Gasteiger partial charge in [-0.3, -0.25) is 19.4 Å². The molecule has 4 aromatic carbocycles. The molecule has 0 bridgehead atoms. The molecule has 0 aromatic heterocycles. The number of hydrogen-bond donors (Lipinski definition) is 1. The Morgan fingerprint density at radius 3 is 2.30 bits per heavy atom. The Balaban J connectivity index is 1.35. The molecule has 4 aliphatic rings. The molecular formula is C35H32N2O7. The molecule has 9 heteroatoms. The number of amides is 1. The van der Waals surface area contributed by atoms with E-state index in [0.29, 0.717) is 35.7 Å². The minimum atomic E-state index is -1.91. The van der Waals surface area contributed by atoms with Crippen LogP contribution in [-0.2, 0) is 30.4 Å². The monoisotopic (exact) mass is 592 g/mol. The predicted molar refractivity (Wildman–Crippen MR) is 161 cm³/mol. The molecule has 0 saturated carbocycles. The fraction of sp³-hybridized carbons (Fsp3) is 0.314. The van der Waals surface area contributed by atoms with Crippen molar-refractivity contribution >= 4 is 28.3 Å². The summed E-state index contributed by atoms with van der Waals surface area (Å²) in [6, 6.07) is 27.2. The van der Waals surface area contributed by atoms with Crippen LogP contribution < -0.4 is 14.4 Å². The number of methoxy groups -OCH3 is 2. The summed E-state index contributed by atoms with van der Waals surface area (Å²) >= 11 is 0. The lowest BCUT2D eigenvalue weighted by atomic mass is 9.60. The Hall–Kier alpha value is -4.44. The Morgan fingerprint density at radius 1 is 0.909 bits per heavy atom. The summed E-state index contributed by atoms with van der Waals surface area (Å²) in [4.78, 5) is 32.1. The fourth-order valence-electron chi connectivity index (χ4n) is 8.62. The molecule has 3 aliphatic heterocycles. The number of nitrogens with zero attached hydrogens (tertiary/aromatic N) is 2. The molecule has 3 heterocycles. The lowest BCUT2D eigenvalue weighted by molar-refractivity contribution is -0.254. The van der Waals surface area contributed by atoms with E-state index in [1.807, 2.05) is 66.5 Å². The molecule has 1 spiro atoms. The Kier molecular flexibility index (Phi) is 5.72. The number of benzene rings is 4. The topological polar surface area (TPSA) is 97.8 Å². The largest absolute Gasteiger partial charge is 0.497 e. The van der Waals surface area contributed by atoms with Gasteiger partial charge in [0.05, 0.1) is 14.2 Å². The van der Waals surface area contributed by atoms with E-state index < -0.39 is 41.0 Å². The van der Waals surface area contributed by atoms with Gasteiger partial charge in [0.25, 0.3) is 5.91 Å². The van der Waals surface area contributed by atoms with Gasteiger partial charge in [-0.05, 0) is 66.2 Å². The maximum atomic E-state index is 14.4. The summed E-state index contributed by atoms with van der Waals surface area (Å²) in [6.45, 7) is 0.495. The normalized spacial score (nSPS) is 31.9. The molecule has 1 N–H and O–H groups in total. The number of β-lactam (4-membered cyclic amide) rings is 1. The van der Waals surface area contributed by atoms with Crippen molar-refractivity contribution in [2.24, 2.45) is 5.41 Å². The van der Waals surface area contributed by atoms with E-state index in [9.17, 15) is 14.7 Å². The standard InChI is InChI=1S/C35H32N2O7/c1-36-20-19-33(32(39)42-3)30(44-35(40)26-14-8-10-21-9-7-13-25(27(21)26)34(33,35)36)28-29(43-24-11-5-4-6-12-24)31(38)37(28)22-15-17-23(41-2)18-16-22/h4-18,28-30,40H,19-20H2,1-3H3/t28-,29+,30+,33-,34-,35+/m0/s1. The number of likely N-dealkylation sites (N-methyl/N-ethyl adjacent to an activating group) is 1. The Bertz CT molecular complexity index is 1810. The lowest BCUT2D eigenvalue weighted by Gasteiger charge is -2.52. The van der Waals surface area contributed by atoms with Crippen molar-refractivity contribution < 1.29 is 33.6 Å². The number of carbonyl (C=O) groups excluding carboxylic acids is 2. The van der Waals surface area contributed by atoms with E-state index >= 15 is 0 Å². The van der Waals surface area contributed by atoms with E-state index in [-0.39, 0.29) is 5.91 Å². The van der Waals surface area contributed by atoms with Crippen LogP contribution in [0, 0.1) is 5.41 Å². The molecule has 8 rings (SSSR count). The van der Waals surface area contributed by atoms with Gasteiger partial charge < -0.3 is 24.1 Å². The van der Waals surface area contributed by atoms with Gasteiger partial charge in [-0.1, -0.05) is 54.6 Å². The summed E-state index contributed by atoms with van der Waals surface area (Å²) in [6.07, 6.45) is -1.64. The second-order valence-corrected chi connectivity index (χ2v) is 12.0. The third-order valence-electron chi connectivity index (χ3n) is 10.3. The van der Waals surface area contributed by atoms with Gasteiger partial charge >= 0.3 is 5.97 Å². The van der Waals surface area contributed by atoms with Crippen LogP contribution in [0.1, 0.15) is 17.5 Å². The number of carbonyl (C=O) groups is 2. The van der Waals surface area contributed by atoms with Gasteiger partial charge in [-0.2, -0.15) is 0 Å². The van der Waals surface area contributed by atoms with E-state index in [2.05, 4.69) is 0 Å². The fourth-order valence-corrected chi connectivity index (χ4v) is 8.62. The summed E-state index contributed by atoms with van der Waals surface area (Å²) < 4.78 is 24.3. The highest BCUT2D eigenvalue weighted by Gasteiger charge is 2.86. The third kappa shape index (κ3) is 3.04. The number of esters is 1. The molecule has 9 nitrogen and oxygen atoms in total. The van der Waals surface area contributed by atoms with Crippen LogP contribution in [0.5, 0.6) is 11.5 Å². The number of ether oxygens (including phenoxy) is 4. The van der Waals surface area contributed by atoms with Crippen LogP contribution in [0.3, 0.4) is 0 Å². The SMILES string of the molecule is COC(=O)[C@@]12CCN(C)[C@@]13c1cccc4cccc(c14)[C@@]3(O)O[C@@H]2[C@@H]1[C@@H](Oc2ccccc2)C(=O)N1c1ccc(OC)cc1. The number of rotatable bonds is 6. The molecular weight excluding hydrogens is 560 g/mol. The number of para-hydroxylation sites is 1. The zero-order valence-corrected chi connectivity index (χ0v) is 24.6. The second-order valence-electron chi connectivity index (χ2n) is 12.0. The average Bonchev–Trinajstić information content (AvgIpc) is 3.59. The molecule has 44 heavy (non-hydrogen) atoms. The highest BCUT2D eigenvalue weighted by atomic mass is 16.7. The van der Waals surface area contributed by atoms with E-state index in [1.54, 1.807) is 48.4 Å². The van der Waals surface area contributed by atoms with Crippen LogP contribution in [-0.4, -0.2) is 67.9 Å². The zero-order valence-electron chi connectivity index (χ0n) is 24.6. The predicted octanol–water partition coefficient (Wildman–Crippen LogP) is 3.96.